The fourth-order valence-electron chi connectivity index (χ4n) is 1.74. The summed E-state index contributed by atoms with van der Waals surface area (Å²) in [6.45, 7) is 5.36. The maximum Gasteiger partial charge on any atom is 0.239 e. The van der Waals surface area contributed by atoms with Crippen LogP contribution in [0.15, 0.2) is 0 Å². The standard InChI is InChI=1S/C10H21N3O3S/c1-8(2)9(11)10(14)12-4-6-13(7-5-12)17(3,15)16/h8-9H,4-7,11H2,1-3H3. The van der Waals surface area contributed by atoms with E-state index in [1.165, 1.54) is 10.6 Å². The molecule has 0 saturated carbocycles. The smallest absolute Gasteiger partial charge is 0.239 e. The first-order chi connectivity index (χ1) is 7.73. The molecule has 1 unspecified atom stereocenters. The highest BCUT2D eigenvalue weighted by Crippen LogP contribution is 2.09. The molecule has 1 saturated heterocycles. The number of nitrogens with two attached hydrogens (primary N) is 1. The lowest BCUT2D eigenvalue weighted by molar-refractivity contribution is -0.134. The maximum absolute atomic E-state index is 11.9. The number of rotatable bonds is 3. The van der Waals surface area contributed by atoms with E-state index in [4.69, 9.17) is 5.73 Å². The molecule has 1 aliphatic rings. The zero-order valence-electron chi connectivity index (χ0n) is 10.6. The number of sulfonamides is 1. The fourth-order valence-corrected chi connectivity index (χ4v) is 2.56. The Morgan fingerprint density at radius 3 is 2.00 bits per heavy atom. The highest BCUT2D eigenvalue weighted by molar-refractivity contribution is 7.88. The minimum absolute atomic E-state index is 0.0897. The molecule has 1 fully saturated rings. The van der Waals surface area contributed by atoms with Crippen molar-refractivity contribution in [3.63, 3.8) is 0 Å². The number of hydrogen-bond donors (Lipinski definition) is 1. The maximum atomic E-state index is 11.9. The van der Waals surface area contributed by atoms with Crippen molar-refractivity contribution in [2.75, 3.05) is 32.4 Å². The van der Waals surface area contributed by atoms with Gasteiger partial charge in [-0.05, 0) is 5.92 Å². The monoisotopic (exact) mass is 263 g/mol. The zero-order valence-corrected chi connectivity index (χ0v) is 11.4. The SMILES string of the molecule is CC(C)C(N)C(=O)N1CCN(S(C)(=O)=O)CC1. The first-order valence-corrected chi connectivity index (χ1v) is 7.58. The van der Waals surface area contributed by atoms with Gasteiger partial charge < -0.3 is 10.6 Å². The summed E-state index contributed by atoms with van der Waals surface area (Å²) in [6, 6.07) is -0.500. The molecule has 0 aliphatic carbocycles. The van der Waals surface area contributed by atoms with Gasteiger partial charge in [0, 0.05) is 26.2 Å². The van der Waals surface area contributed by atoms with Gasteiger partial charge in [0.15, 0.2) is 0 Å². The van der Waals surface area contributed by atoms with Gasteiger partial charge in [-0.15, -0.1) is 0 Å². The van der Waals surface area contributed by atoms with E-state index in [1.807, 2.05) is 13.8 Å². The van der Waals surface area contributed by atoms with Crippen LogP contribution in [0.5, 0.6) is 0 Å². The topological polar surface area (TPSA) is 83.7 Å². The molecule has 1 aliphatic heterocycles. The third-order valence-corrected chi connectivity index (χ3v) is 4.33. The van der Waals surface area contributed by atoms with Crippen molar-refractivity contribution in [2.45, 2.75) is 19.9 Å². The summed E-state index contributed by atoms with van der Waals surface area (Å²) >= 11 is 0. The van der Waals surface area contributed by atoms with E-state index in [-0.39, 0.29) is 11.8 Å². The molecule has 2 N–H and O–H groups in total. The molecule has 100 valence electrons. The second-order valence-corrected chi connectivity index (χ2v) is 6.74. The first-order valence-electron chi connectivity index (χ1n) is 5.73. The van der Waals surface area contributed by atoms with Gasteiger partial charge in [0.05, 0.1) is 12.3 Å². The highest BCUT2D eigenvalue weighted by atomic mass is 32.2. The van der Waals surface area contributed by atoms with Crippen LogP contribution in [-0.2, 0) is 14.8 Å². The molecule has 6 nitrogen and oxygen atoms in total. The second kappa shape index (κ2) is 5.32. The van der Waals surface area contributed by atoms with Crippen LogP contribution in [0, 0.1) is 5.92 Å². The van der Waals surface area contributed by atoms with Crippen molar-refractivity contribution in [1.82, 2.24) is 9.21 Å². The molecule has 1 heterocycles. The van der Waals surface area contributed by atoms with Crippen LogP contribution in [0.3, 0.4) is 0 Å². The van der Waals surface area contributed by atoms with Crippen molar-refractivity contribution >= 4 is 15.9 Å². The van der Waals surface area contributed by atoms with Gasteiger partial charge in [-0.3, -0.25) is 4.79 Å². The number of nitrogens with zero attached hydrogens (tertiary/aromatic N) is 2. The van der Waals surface area contributed by atoms with E-state index in [2.05, 4.69) is 0 Å². The molecule has 1 atom stereocenters. The molecular formula is C10H21N3O3S. The molecule has 0 aromatic heterocycles. The minimum atomic E-state index is -3.15. The summed E-state index contributed by atoms with van der Waals surface area (Å²) in [4.78, 5) is 13.6. The molecule has 0 spiro atoms. The number of hydrogen-bond acceptors (Lipinski definition) is 4. The van der Waals surface area contributed by atoms with Crippen molar-refractivity contribution in [1.29, 1.82) is 0 Å². The van der Waals surface area contributed by atoms with E-state index in [0.717, 1.165) is 0 Å². The Labute approximate surface area is 103 Å². The van der Waals surface area contributed by atoms with Crippen molar-refractivity contribution in [3.05, 3.63) is 0 Å². The predicted octanol–water partition coefficient (Wildman–Crippen LogP) is -0.926. The van der Waals surface area contributed by atoms with Crippen LogP contribution in [0.1, 0.15) is 13.8 Å². The summed E-state index contributed by atoms with van der Waals surface area (Å²) < 4.78 is 24.0. The Kier molecular flexibility index (Phi) is 4.51. The van der Waals surface area contributed by atoms with Crippen LogP contribution in [0.2, 0.25) is 0 Å². The van der Waals surface area contributed by atoms with Crippen LogP contribution in [0.25, 0.3) is 0 Å². The molecule has 0 radical (unpaired) electrons. The molecule has 1 amide bonds. The van der Waals surface area contributed by atoms with E-state index >= 15 is 0 Å². The Bertz CT molecular complexity index is 372. The summed E-state index contributed by atoms with van der Waals surface area (Å²) in [6.07, 6.45) is 1.18. The lowest BCUT2D eigenvalue weighted by atomic mass is 10.0. The summed E-state index contributed by atoms with van der Waals surface area (Å²) in [5, 5.41) is 0. The number of carbonyl (C=O) groups excluding carboxylic acids is 1. The largest absolute Gasteiger partial charge is 0.339 e. The second-order valence-electron chi connectivity index (χ2n) is 4.76. The number of amides is 1. The van der Waals surface area contributed by atoms with E-state index in [1.54, 1.807) is 4.90 Å². The lowest BCUT2D eigenvalue weighted by Gasteiger charge is -2.35. The first kappa shape index (κ1) is 14.4. The molecule has 0 aromatic carbocycles. The van der Waals surface area contributed by atoms with Crippen LogP contribution in [-0.4, -0.2) is 62.0 Å². The Hall–Kier alpha value is -0.660. The number of carbonyl (C=O) groups is 1. The van der Waals surface area contributed by atoms with Gasteiger partial charge in [-0.1, -0.05) is 13.8 Å². The average molecular weight is 263 g/mol. The van der Waals surface area contributed by atoms with Gasteiger partial charge in [-0.2, -0.15) is 4.31 Å². The molecular weight excluding hydrogens is 242 g/mol. The van der Waals surface area contributed by atoms with Gasteiger partial charge in [-0.25, -0.2) is 8.42 Å². The summed E-state index contributed by atoms with van der Waals surface area (Å²) in [5.41, 5.74) is 5.79. The normalized spacial score (nSPS) is 20.6. The van der Waals surface area contributed by atoms with Crippen LogP contribution < -0.4 is 5.73 Å². The third kappa shape index (κ3) is 3.65. The van der Waals surface area contributed by atoms with Gasteiger partial charge >= 0.3 is 0 Å². The van der Waals surface area contributed by atoms with E-state index in [9.17, 15) is 13.2 Å². The molecule has 17 heavy (non-hydrogen) atoms. The minimum Gasteiger partial charge on any atom is -0.339 e. The third-order valence-electron chi connectivity index (χ3n) is 3.02. The van der Waals surface area contributed by atoms with Crippen LogP contribution >= 0.6 is 0 Å². The van der Waals surface area contributed by atoms with Crippen molar-refractivity contribution in [2.24, 2.45) is 11.7 Å². The molecule has 7 heteroatoms. The molecule has 0 aromatic rings. The van der Waals surface area contributed by atoms with E-state index < -0.39 is 16.1 Å². The fraction of sp³-hybridized carbons (Fsp3) is 0.900. The summed E-state index contributed by atoms with van der Waals surface area (Å²) in [7, 11) is -3.15. The Morgan fingerprint density at radius 1 is 1.18 bits per heavy atom. The van der Waals surface area contributed by atoms with Crippen molar-refractivity contribution < 1.29 is 13.2 Å². The van der Waals surface area contributed by atoms with Crippen molar-refractivity contribution in [3.8, 4) is 0 Å². The summed E-state index contributed by atoms with van der Waals surface area (Å²) in [5.74, 6) is 0.00332. The lowest BCUT2D eigenvalue weighted by Crippen LogP contribution is -2.55. The zero-order chi connectivity index (χ0) is 13.2. The van der Waals surface area contributed by atoms with Gasteiger partial charge in [0.25, 0.3) is 0 Å². The van der Waals surface area contributed by atoms with Gasteiger partial charge in [0.2, 0.25) is 15.9 Å². The molecule has 0 bridgehead atoms. The predicted molar refractivity (Wildman–Crippen MR) is 65.8 cm³/mol. The quantitative estimate of drug-likeness (QED) is 0.713. The number of piperazine rings is 1. The van der Waals surface area contributed by atoms with Gasteiger partial charge in [0.1, 0.15) is 0 Å². The Balaban J connectivity index is 2.56. The average Bonchev–Trinajstić information content (AvgIpc) is 2.26. The Morgan fingerprint density at radius 2 is 1.65 bits per heavy atom. The van der Waals surface area contributed by atoms with Crippen LogP contribution in [0.4, 0.5) is 0 Å². The molecule has 1 rings (SSSR count). The highest BCUT2D eigenvalue weighted by Gasteiger charge is 2.29. The van der Waals surface area contributed by atoms with E-state index in [0.29, 0.717) is 26.2 Å².